The first-order valence-corrected chi connectivity index (χ1v) is 16.6. The van der Waals surface area contributed by atoms with E-state index in [2.05, 4.69) is 6.58 Å². The summed E-state index contributed by atoms with van der Waals surface area (Å²) in [5.74, 6) is -3.32. The molecule has 0 unspecified atom stereocenters. The number of carbonyl (C=O) groups is 3. The Morgan fingerprint density at radius 2 is 1.79 bits per heavy atom. The molecular formula is C38H44O9. The standard InChI is InChI=1S/C38H44O9/c1-17(2)9-10-22-30-26(25-21(18(3)4)12-13-36(8,45-30)33(25)42)29(40)27-28(39)23-15-20-16-24-35(6,7)47-37(32(20)41,14-11-19(5)34(43)44)38(23,24)46-31(22)27/h9,11,15,20-21,24-25,33,40,42H,3,10,12-14,16H2,1-2,4-8H3,(H,43,44)/t20-,21+,24+,25+,33+,36+,37+,38-/m1/s1. The van der Waals surface area contributed by atoms with Crippen LogP contribution in [-0.2, 0) is 20.7 Å². The molecule has 6 bridgehead atoms. The fourth-order valence-electron chi connectivity index (χ4n) is 9.64. The number of phenolic OH excluding ortho intramolecular Hbond substituents is 1. The molecular weight excluding hydrogens is 600 g/mol. The zero-order chi connectivity index (χ0) is 34.2. The van der Waals surface area contributed by atoms with E-state index in [1.54, 1.807) is 6.08 Å². The van der Waals surface area contributed by atoms with E-state index in [4.69, 9.17) is 14.2 Å². The lowest BCUT2D eigenvalue weighted by Gasteiger charge is -2.57. The number of aromatic hydroxyl groups is 1. The van der Waals surface area contributed by atoms with Gasteiger partial charge < -0.3 is 29.5 Å². The van der Waals surface area contributed by atoms with Crippen LogP contribution in [0.3, 0.4) is 0 Å². The van der Waals surface area contributed by atoms with Crippen molar-refractivity contribution in [3.8, 4) is 17.2 Å². The number of rotatable bonds is 6. The summed E-state index contributed by atoms with van der Waals surface area (Å²) in [5.41, 5.74) is -1.93. The number of carboxylic acid groups (broad SMARTS) is 1. The molecule has 3 heterocycles. The summed E-state index contributed by atoms with van der Waals surface area (Å²) in [6, 6.07) is 0. The minimum atomic E-state index is -1.66. The van der Waals surface area contributed by atoms with Gasteiger partial charge in [-0.1, -0.05) is 36.0 Å². The van der Waals surface area contributed by atoms with Crippen molar-refractivity contribution < 1.29 is 43.9 Å². The number of carbonyl (C=O) groups excluding carboxylic acids is 2. The van der Waals surface area contributed by atoms with Crippen molar-refractivity contribution in [1.82, 2.24) is 0 Å². The Morgan fingerprint density at radius 1 is 1.09 bits per heavy atom. The summed E-state index contributed by atoms with van der Waals surface area (Å²) < 4.78 is 20.6. The molecule has 1 aromatic rings. The number of aliphatic hydroxyl groups is 1. The molecule has 250 valence electrons. The summed E-state index contributed by atoms with van der Waals surface area (Å²) in [6.07, 6.45) is 6.10. The number of carboxylic acids is 1. The minimum absolute atomic E-state index is 0.00663. The largest absolute Gasteiger partial charge is 0.507 e. The first kappa shape index (κ1) is 31.9. The lowest BCUT2D eigenvalue weighted by Crippen LogP contribution is -2.72. The number of benzene rings is 1. The smallest absolute Gasteiger partial charge is 0.330 e. The number of hydrogen-bond acceptors (Lipinski definition) is 8. The third-order valence-corrected chi connectivity index (χ3v) is 12.0. The van der Waals surface area contributed by atoms with Gasteiger partial charge in [0, 0.05) is 46.4 Å². The number of ketones is 2. The summed E-state index contributed by atoms with van der Waals surface area (Å²) in [4.78, 5) is 41.1. The van der Waals surface area contributed by atoms with Crippen LogP contribution in [0, 0.1) is 17.8 Å². The highest BCUT2D eigenvalue weighted by molar-refractivity contribution is 6.18. The van der Waals surface area contributed by atoms with Gasteiger partial charge in [-0.3, -0.25) is 9.59 Å². The van der Waals surface area contributed by atoms with Crippen molar-refractivity contribution in [2.45, 2.75) is 115 Å². The number of Topliss-reactive ketones (excluding diaryl/α,β-unsaturated/α-hetero) is 2. The van der Waals surface area contributed by atoms with Gasteiger partial charge in [0.15, 0.2) is 22.8 Å². The van der Waals surface area contributed by atoms with Crippen molar-refractivity contribution in [3.63, 3.8) is 0 Å². The van der Waals surface area contributed by atoms with Crippen LogP contribution in [0.15, 0.2) is 47.1 Å². The van der Waals surface area contributed by atoms with E-state index in [9.17, 15) is 29.7 Å². The Balaban J connectivity index is 1.53. The molecule has 47 heavy (non-hydrogen) atoms. The van der Waals surface area contributed by atoms with Gasteiger partial charge in [0.25, 0.3) is 0 Å². The fourth-order valence-corrected chi connectivity index (χ4v) is 9.64. The van der Waals surface area contributed by atoms with Crippen molar-refractivity contribution in [2.75, 3.05) is 0 Å². The second-order valence-electron chi connectivity index (χ2n) is 15.6. The molecule has 9 heteroatoms. The minimum Gasteiger partial charge on any atom is -0.507 e. The Bertz CT molecular complexity index is 1770. The van der Waals surface area contributed by atoms with Crippen molar-refractivity contribution in [1.29, 1.82) is 0 Å². The molecule has 8 rings (SSSR count). The van der Waals surface area contributed by atoms with E-state index in [0.29, 0.717) is 42.6 Å². The summed E-state index contributed by atoms with van der Waals surface area (Å²) in [5, 5.41) is 33.6. The van der Waals surface area contributed by atoms with E-state index in [0.717, 1.165) is 11.1 Å². The van der Waals surface area contributed by atoms with E-state index >= 15 is 0 Å². The van der Waals surface area contributed by atoms with Crippen LogP contribution in [0.5, 0.6) is 17.2 Å². The van der Waals surface area contributed by atoms with Gasteiger partial charge in [0.05, 0.1) is 5.60 Å². The van der Waals surface area contributed by atoms with E-state index in [1.807, 2.05) is 47.6 Å². The first-order chi connectivity index (χ1) is 21.9. The van der Waals surface area contributed by atoms with Crippen LogP contribution >= 0.6 is 0 Å². The monoisotopic (exact) mass is 644 g/mol. The highest BCUT2D eigenvalue weighted by Crippen LogP contribution is 2.69. The quantitative estimate of drug-likeness (QED) is 0.255. The Kier molecular flexibility index (Phi) is 6.73. The lowest BCUT2D eigenvalue weighted by molar-refractivity contribution is -0.171. The lowest BCUT2D eigenvalue weighted by atomic mass is 9.51. The second-order valence-corrected chi connectivity index (χ2v) is 15.6. The molecule has 0 radical (unpaired) electrons. The molecule has 4 aliphatic carbocycles. The molecule has 3 aliphatic heterocycles. The SMILES string of the molecule is C=C(C)[C@@H]1CC[C@]2(C)Oc3c(CC=C(C)C)c4c(c(O)c3[C@H]1[C@@H]2O)C(=O)C1=C[C@@H]2C[C@H]3C(C)(C)O[C@@](CC=C(C)C(=O)O)(C2=O)[C@@]13O4. The van der Waals surface area contributed by atoms with Crippen LogP contribution < -0.4 is 9.47 Å². The molecule has 1 saturated heterocycles. The zero-order valence-corrected chi connectivity index (χ0v) is 28.2. The molecule has 7 aliphatic rings. The number of phenols is 1. The highest BCUT2D eigenvalue weighted by atomic mass is 16.6. The van der Waals surface area contributed by atoms with Crippen LogP contribution in [0.25, 0.3) is 0 Å². The van der Waals surface area contributed by atoms with E-state index in [-0.39, 0.29) is 46.3 Å². The van der Waals surface area contributed by atoms with Crippen LogP contribution in [0.1, 0.15) is 102 Å². The van der Waals surface area contributed by atoms with Gasteiger partial charge in [-0.05, 0) is 80.1 Å². The van der Waals surface area contributed by atoms with Crippen molar-refractivity contribution in [2.24, 2.45) is 17.8 Å². The Morgan fingerprint density at radius 3 is 2.43 bits per heavy atom. The molecule has 1 aromatic carbocycles. The molecule has 3 fully saturated rings. The molecule has 0 amide bonds. The predicted molar refractivity (Wildman–Crippen MR) is 173 cm³/mol. The second kappa shape index (κ2) is 9.92. The topological polar surface area (TPSA) is 140 Å². The molecule has 9 nitrogen and oxygen atoms in total. The predicted octanol–water partition coefficient (Wildman–Crippen LogP) is 5.91. The number of fused-ring (bicyclic) bond motifs is 5. The van der Waals surface area contributed by atoms with Crippen molar-refractivity contribution in [3.05, 3.63) is 63.8 Å². The van der Waals surface area contributed by atoms with Crippen LogP contribution in [0.4, 0.5) is 0 Å². The van der Waals surface area contributed by atoms with E-state index in [1.165, 1.54) is 13.0 Å². The van der Waals surface area contributed by atoms with Gasteiger partial charge in [-0.15, -0.1) is 0 Å². The average molecular weight is 645 g/mol. The molecule has 3 N–H and O–H groups in total. The number of ether oxygens (including phenoxy) is 3. The van der Waals surface area contributed by atoms with Gasteiger partial charge in [0.2, 0.25) is 0 Å². The Hall–Kier alpha value is -3.69. The highest BCUT2D eigenvalue weighted by Gasteiger charge is 2.81. The number of hydrogen-bond donors (Lipinski definition) is 3. The van der Waals surface area contributed by atoms with Gasteiger partial charge in [-0.25, -0.2) is 4.79 Å². The third-order valence-electron chi connectivity index (χ3n) is 12.0. The average Bonchev–Trinajstić information content (AvgIpc) is 3.13. The first-order valence-electron chi connectivity index (χ1n) is 16.6. The van der Waals surface area contributed by atoms with Crippen LogP contribution in [-0.4, -0.2) is 61.4 Å². The molecule has 1 spiro atoms. The summed E-state index contributed by atoms with van der Waals surface area (Å²) in [6.45, 7) is 17.2. The maximum atomic E-state index is 15.0. The number of allylic oxidation sites excluding steroid dienone is 4. The summed E-state index contributed by atoms with van der Waals surface area (Å²) in [7, 11) is 0. The normalized spacial score (nSPS) is 37.1. The fraction of sp³-hybridized carbons (Fsp3) is 0.553. The molecule has 0 aromatic heterocycles. The number of aliphatic hydroxyl groups excluding tert-OH is 1. The number of aliphatic carboxylic acids is 1. The third kappa shape index (κ3) is 3.93. The summed E-state index contributed by atoms with van der Waals surface area (Å²) >= 11 is 0. The molecule has 8 atom stereocenters. The maximum Gasteiger partial charge on any atom is 0.330 e. The zero-order valence-electron chi connectivity index (χ0n) is 28.2. The van der Waals surface area contributed by atoms with Gasteiger partial charge >= 0.3 is 5.97 Å². The Labute approximate surface area is 275 Å². The van der Waals surface area contributed by atoms with Gasteiger partial charge in [-0.2, -0.15) is 0 Å². The van der Waals surface area contributed by atoms with Crippen LogP contribution in [0.2, 0.25) is 0 Å². The van der Waals surface area contributed by atoms with Gasteiger partial charge in [0.1, 0.15) is 34.5 Å². The molecule has 2 saturated carbocycles. The maximum absolute atomic E-state index is 15.0. The van der Waals surface area contributed by atoms with E-state index < -0.39 is 58.0 Å². The van der Waals surface area contributed by atoms with Crippen molar-refractivity contribution >= 4 is 17.5 Å².